The summed E-state index contributed by atoms with van der Waals surface area (Å²) in [7, 11) is 1.46. The zero-order valence-corrected chi connectivity index (χ0v) is 11.9. The molecule has 0 saturated heterocycles. The second-order valence-electron chi connectivity index (χ2n) is 4.97. The quantitative estimate of drug-likeness (QED) is 0.812. The molecule has 20 heavy (non-hydrogen) atoms. The van der Waals surface area contributed by atoms with Crippen molar-refractivity contribution in [1.82, 2.24) is 14.7 Å². The number of hydrogen-bond donors (Lipinski definition) is 1. The Morgan fingerprint density at radius 3 is 2.55 bits per heavy atom. The second kappa shape index (κ2) is 6.83. The van der Waals surface area contributed by atoms with Crippen LogP contribution in [0.25, 0.3) is 0 Å². The minimum Gasteiger partial charge on any atom is -0.481 e. The van der Waals surface area contributed by atoms with E-state index >= 15 is 0 Å². The van der Waals surface area contributed by atoms with Crippen LogP contribution in [0.1, 0.15) is 30.8 Å². The predicted molar refractivity (Wildman–Crippen MR) is 72.5 cm³/mol. The lowest BCUT2D eigenvalue weighted by molar-refractivity contribution is -0.137. The fourth-order valence-corrected chi connectivity index (χ4v) is 1.73. The van der Waals surface area contributed by atoms with E-state index in [1.165, 1.54) is 24.1 Å². The maximum absolute atomic E-state index is 12.3. The number of nitrogens with zero attached hydrogens (tertiary/aromatic N) is 3. The third kappa shape index (κ3) is 4.49. The molecule has 7 nitrogen and oxygen atoms in total. The molecule has 0 aromatic carbocycles. The van der Waals surface area contributed by atoms with Gasteiger partial charge in [0, 0.05) is 26.2 Å². The largest absolute Gasteiger partial charge is 0.481 e. The smallest absolute Gasteiger partial charge is 0.305 e. The van der Waals surface area contributed by atoms with Gasteiger partial charge in [0.05, 0.1) is 6.42 Å². The van der Waals surface area contributed by atoms with Crippen molar-refractivity contribution in [2.45, 2.75) is 20.3 Å². The Kier molecular flexibility index (Phi) is 5.42. The summed E-state index contributed by atoms with van der Waals surface area (Å²) < 4.78 is 1.08. The van der Waals surface area contributed by atoms with Gasteiger partial charge in [-0.05, 0) is 12.0 Å². The molecule has 1 amide bonds. The maximum Gasteiger partial charge on any atom is 0.305 e. The molecule has 0 spiro atoms. The van der Waals surface area contributed by atoms with Crippen molar-refractivity contribution in [3.63, 3.8) is 0 Å². The Bertz CT molecular complexity index is 551. The fourth-order valence-electron chi connectivity index (χ4n) is 1.73. The molecule has 1 aromatic rings. The van der Waals surface area contributed by atoms with Gasteiger partial charge in [0.1, 0.15) is 5.69 Å². The first-order chi connectivity index (χ1) is 9.31. The van der Waals surface area contributed by atoms with E-state index in [1.807, 2.05) is 13.8 Å². The summed E-state index contributed by atoms with van der Waals surface area (Å²) in [5.74, 6) is -1.11. The van der Waals surface area contributed by atoms with Crippen LogP contribution in [0.2, 0.25) is 0 Å². The Balaban J connectivity index is 2.93. The van der Waals surface area contributed by atoms with E-state index in [-0.39, 0.29) is 36.0 Å². The lowest BCUT2D eigenvalue weighted by Crippen LogP contribution is -2.37. The molecule has 0 atom stereocenters. The van der Waals surface area contributed by atoms with E-state index in [0.29, 0.717) is 6.54 Å². The highest BCUT2D eigenvalue weighted by molar-refractivity contribution is 5.92. The number of carboxylic acids is 1. The highest BCUT2D eigenvalue weighted by Gasteiger charge is 2.19. The molecule has 7 heteroatoms. The first-order valence-corrected chi connectivity index (χ1v) is 6.36. The van der Waals surface area contributed by atoms with Crippen LogP contribution < -0.4 is 5.56 Å². The molecule has 0 bridgehead atoms. The molecule has 1 rings (SSSR count). The highest BCUT2D eigenvalue weighted by Crippen LogP contribution is 2.05. The standard InChI is InChI=1S/C13H19N3O4/c1-9(2)8-16(7-6-12(18)19)13(20)10-4-5-11(17)15(3)14-10/h4-5,9H,6-8H2,1-3H3,(H,18,19). The van der Waals surface area contributed by atoms with Gasteiger partial charge in [-0.1, -0.05) is 13.8 Å². The van der Waals surface area contributed by atoms with Crippen molar-refractivity contribution >= 4 is 11.9 Å². The lowest BCUT2D eigenvalue weighted by Gasteiger charge is -2.23. The van der Waals surface area contributed by atoms with E-state index < -0.39 is 5.97 Å². The van der Waals surface area contributed by atoms with Gasteiger partial charge in [-0.25, -0.2) is 4.68 Å². The van der Waals surface area contributed by atoms with Crippen LogP contribution in [-0.2, 0) is 11.8 Å². The third-order valence-electron chi connectivity index (χ3n) is 2.65. The molecule has 1 heterocycles. The Morgan fingerprint density at radius 2 is 2.05 bits per heavy atom. The van der Waals surface area contributed by atoms with Gasteiger partial charge in [0.25, 0.3) is 11.5 Å². The van der Waals surface area contributed by atoms with Gasteiger partial charge in [-0.2, -0.15) is 5.10 Å². The van der Waals surface area contributed by atoms with Gasteiger partial charge >= 0.3 is 5.97 Å². The number of carbonyl (C=O) groups excluding carboxylic acids is 1. The number of amides is 1. The van der Waals surface area contributed by atoms with E-state index in [9.17, 15) is 14.4 Å². The van der Waals surface area contributed by atoms with Gasteiger partial charge in [0.15, 0.2) is 0 Å². The Morgan fingerprint density at radius 1 is 1.40 bits per heavy atom. The van der Waals surface area contributed by atoms with Crippen LogP contribution in [0, 0.1) is 5.92 Å². The number of carboxylic acid groups (broad SMARTS) is 1. The molecule has 0 aliphatic rings. The zero-order valence-electron chi connectivity index (χ0n) is 11.9. The molecular weight excluding hydrogens is 262 g/mol. The van der Waals surface area contributed by atoms with Crippen LogP contribution in [0.3, 0.4) is 0 Å². The van der Waals surface area contributed by atoms with Crippen molar-refractivity contribution < 1.29 is 14.7 Å². The number of aromatic nitrogens is 2. The SMILES string of the molecule is CC(C)CN(CCC(=O)O)C(=O)c1ccc(=O)n(C)n1. The second-order valence-corrected chi connectivity index (χ2v) is 4.97. The number of carbonyl (C=O) groups is 2. The van der Waals surface area contributed by atoms with Crippen LogP contribution in [0.4, 0.5) is 0 Å². The molecule has 1 aromatic heterocycles. The average Bonchev–Trinajstić information content (AvgIpc) is 2.36. The van der Waals surface area contributed by atoms with Crippen LogP contribution in [-0.4, -0.2) is 44.8 Å². The summed E-state index contributed by atoms with van der Waals surface area (Å²) >= 11 is 0. The number of aryl methyl sites for hydroxylation is 1. The maximum atomic E-state index is 12.3. The highest BCUT2D eigenvalue weighted by atomic mass is 16.4. The monoisotopic (exact) mass is 281 g/mol. The first kappa shape index (κ1) is 15.9. The first-order valence-electron chi connectivity index (χ1n) is 6.36. The Labute approximate surface area is 116 Å². The van der Waals surface area contributed by atoms with Gasteiger partial charge in [-0.3, -0.25) is 14.4 Å². The summed E-state index contributed by atoms with van der Waals surface area (Å²) in [4.78, 5) is 35.7. The molecule has 0 unspecified atom stereocenters. The predicted octanol–water partition coefficient (Wildman–Crippen LogP) is 0.353. The van der Waals surface area contributed by atoms with Crippen molar-refractivity contribution in [1.29, 1.82) is 0 Å². The van der Waals surface area contributed by atoms with Crippen LogP contribution >= 0.6 is 0 Å². The fraction of sp³-hybridized carbons (Fsp3) is 0.538. The van der Waals surface area contributed by atoms with Crippen LogP contribution in [0.15, 0.2) is 16.9 Å². The normalized spacial score (nSPS) is 10.6. The molecule has 1 N–H and O–H groups in total. The molecule has 0 aliphatic carbocycles. The minimum absolute atomic E-state index is 0.121. The van der Waals surface area contributed by atoms with Gasteiger partial charge in [0.2, 0.25) is 0 Å². The lowest BCUT2D eigenvalue weighted by atomic mass is 10.2. The van der Waals surface area contributed by atoms with Crippen molar-refractivity contribution in [2.75, 3.05) is 13.1 Å². The Hall–Kier alpha value is -2.18. The van der Waals surface area contributed by atoms with Crippen LogP contribution in [0.5, 0.6) is 0 Å². The molecule has 0 saturated carbocycles. The molecule has 0 fully saturated rings. The summed E-state index contributed by atoms with van der Waals surface area (Å²) in [6.07, 6.45) is -0.121. The molecular formula is C13H19N3O4. The summed E-state index contributed by atoms with van der Waals surface area (Å²) in [6, 6.07) is 2.63. The molecule has 0 radical (unpaired) electrons. The number of aliphatic carboxylic acids is 1. The zero-order chi connectivity index (χ0) is 15.3. The van der Waals surface area contributed by atoms with E-state index in [1.54, 1.807) is 0 Å². The van der Waals surface area contributed by atoms with Gasteiger partial charge < -0.3 is 10.0 Å². The summed E-state index contributed by atoms with van der Waals surface area (Å²) in [5.41, 5.74) is -0.166. The van der Waals surface area contributed by atoms with E-state index in [4.69, 9.17) is 5.11 Å². The number of hydrogen-bond acceptors (Lipinski definition) is 4. The average molecular weight is 281 g/mol. The molecule has 110 valence electrons. The van der Waals surface area contributed by atoms with Crippen molar-refractivity contribution in [2.24, 2.45) is 13.0 Å². The molecule has 0 aliphatic heterocycles. The summed E-state index contributed by atoms with van der Waals surface area (Å²) in [5, 5.41) is 12.6. The van der Waals surface area contributed by atoms with Crippen molar-refractivity contribution in [3.8, 4) is 0 Å². The van der Waals surface area contributed by atoms with Crippen molar-refractivity contribution in [3.05, 3.63) is 28.2 Å². The van der Waals surface area contributed by atoms with Gasteiger partial charge in [-0.15, -0.1) is 0 Å². The topological polar surface area (TPSA) is 92.5 Å². The summed E-state index contributed by atoms with van der Waals surface area (Å²) in [6.45, 7) is 4.44. The third-order valence-corrected chi connectivity index (χ3v) is 2.65. The number of rotatable bonds is 6. The minimum atomic E-state index is -0.958. The van der Waals surface area contributed by atoms with E-state index in [0.717, 1.165) is 4.68 Å². The van der Waals surface area contributed by atoms with E-state index in [2.05, 4.69) is 5.10 Å².